The van der Waals surface area contributed by atoms with Gasteiger partial charge in [0, 0.05) is 13.2 Å². The van der Waals surface area contributed by atoms with E-state index in [1.165, 1.54) is 11.8 Å². The van der Waals surface area contributed by atoms with Crippen molar-refractivity contribution in [3.8, 4) is 0 Å². The van der Waals surface area contributed by atoms with E-state index < -0.39 is 0 Å². The summed E-state index contributed by atoms with van der Waals surface area (Å²) in [5, 5.41) is 0.683. The Morgan fingerprint density at radius 1 is 1.45 bits per heavy atom. The zero-order valence-electron chi connectivity index (χ0n) is 11.5. The fourth-order valence-electron chi connectivity index (χ4n) is 1.66. The van der Waals surface area contributed by atoms with Gasteiger partial charge in [-0.15, -0.1) is 0 Å². The molecule has 0 aromatic carbocycles. The highest BCUT2D eigenvalue weighted by Crippen LogP contribution is 2.21. The number of carbonyl (C=O) groups is 1. The molecule has 5 nitrogen and oxygen atoms in total. The number of aromatic nitrogens is 1. The number of amides is 1. The molecule has 0 bridgehead atoms. The largest absolute Gasteiger partial charge is 0.464 e. The van der Waals surface area contributed by atoms with E-state index in [9.17, 15) is 4.79 Å². The van der Waals surface area contributed by atoms with E-state index in [0.29, 0.717) is 23.0 Å². The first kappa shape index (κ1) is 14.5. The highest BCUT2D eigenvalue weighted by Gasteiger charge is 2.12. The number of carbonyl (C=O) groups excluding carboxylic acids is 1. The Morgan fingerprint density at radius 3 is 2.90 bits per heavy atom. The van der Waals surface area contributed by atoms with Crippen LogP contribution in [0.2, 0.25) is 0 Å². The number of pyridine rings is 1. The Bertz CT molecular complexity index is 598. The predicted molar refractivity (Wildman–Crippen MR) is 79.3 cm³/mol. The molecular weight excluding hydrogens is 274 g/mol. The molecule has 0 radical (unpaired) electrons. The van der Waals surface area contributed by atoms with E-state index in [2.05, 4.69) is 4.98 Å². The third-order valence-electron chi connectivity index (χ3n) is 2.75. The van der Waals surface area contributed by atoms with Crippen LogP contribution >= 0.6 is 11.8 Å². The van der Waals surface area contributed by atoms with E-state index in [0.717, 1.165) is 11.5 Å². The van der Waals surface area contributed by atoms with E-state index in [-0.39, 0.29) is 5.91 Å². The van der Waals surface area contributed by atoms with Gasteiger partial charge in [0.1, 0.15) is 16.5 Å². The van der Waals surface area contributed by atoms with Gasteiger partial charge in [-0.2, -0.15) is 0 Å². The minimum atomic E-state index is 0.00843. The van der Waals surface area contributed by atoms with Crippen molar-refractivity contribution in [2.75, 3.05) is 18.5 Å². The van der Waals surface area contributed by atoms with Gasteiger partial charge in [0.2, 0.25) is 5.91 Å². The van der Waals surface area contributed by atoms with Gasteiger partial charge in [0.15, 0.2) is 0 Å². The topological polar surface area (TPSA) is 72.4 Å². The molecule has 2 rings (SSSR count). The molecule has 0 spiro atoms. The normalized spacial score (nSPS) is 10.5. The van der Waals surface area contributed by atoms with Gasteiger partial charge in [-0.25, -0.2) is 4.98 Å². The van der Waals surface area contributed by atoms with Crippen LogP contribution in [-0.2, 0) is 11.3 Å². The van der Waals surface area contributed by atoms with Crippen molar-refractivity contribution in [1.82, 2.24) is 9.88 Å². The first-order valence-corrected chi connectivity index (χ1v) is 7.17. The number of nitrogen functional groups attached to an aromatic ring is 1. The Morgan fingerprint density at radius 2 is 2.25 bits per heavy atom. The molecule has 0 saturated heterocycles. The average Bonchev–Trinajstić information content (AvgIpc) is 2.82. The summed E-state index contributed by atoms with van der Waals surface area (Å²) in [5.41, 5.74) is 6.38. The minimum absolute atomic E-state index is 0.00843. The summed E-state index contributed by atoms with van der Waals surface area (Å²) in [6.07, 6.45) is 1.67. The molecule has 1 amide bonds. The molecule has 0 aliphatic carbocycles. The number of hydrogen-bond acceptors (Lipinski definition) is 5. The number of rotatable bonds is 5. The zero-order chi connectivity index (χ0) is 14.5. The van der Waals surface area contributed by atoms with Crippen LogP contribution in [0.3, 0.4) is 0 Å². The third-order valence-corrected chi connectivity index (χ3v) is 3.75. The highest BCUT2D eigenvalue weighted by molar-refractivity contribution is 8.00. The highest BCUT2D eigenvalue weighted by atomic mass is 32.2. The average molecular weight is 291 g/mol. The van der Waals surface area contributed by atoms with Crippen LogP contribution in [0, 0.1) is 6.92 Å². The molecule has 0 saturated carbocycles. The van der Waals surface area contributed by atoms with Gasteiger partial charge in [-0.05, 0) is 31.2 Å². The summed E-state index contributed by atoms with van der Waals surface area (Å²) >= 11 is 1.34. The number of anilines is 1. The molecule has 106 valence electrons. The lowest BCUT2D eigenvalue weighted by atomic mass is 10.4. The minimum Gasteiger partial charge on any atom is -0.464 e. The quantitative estimate of drug-likeness (QED) is 0.856. The Balaban J connectivity index is 1.87. The van der Waals surface area contributed by atoms with Crippen molar-refractivity contribution >= 4 is 23.4 Å². The molecule has 0 aliphatic heterocycles. The van der Waals surface area contributed by atoms with Gasteiger partial charge >= 0.3 is 0 Å². The summed E-state index contributed by atoms with van der Waals surface area (Å²) in [4.78, 5) is 17.8. The smallest absolute Gasteiger partial charge is 0.233 e. The van der Waals surface area contributed by atoms with Crippen LogP contribution in [0.4, 0.5) is 5.69 Å². The van der Waals surface area contributed by atoms with E-state index in [1.807, 2.05) is 19.1 Å². The molecule has 2 N–H and O–H groups in total. The number of aryl methyl sites for hydroxylation is 1. The molecule has 0 fully saturated rings. The Kier molecular flexibility index (Phi) is 4.68. The maximum atomic E-state index is 12.0. The van der Waals surface area contributed by atoms with Crippen molar-refractivity contribution in [2.45, 2.75) is 18.5 Å². The Labute approximate surface area is 122 Å². The second-order valence-corrected chi connectivity index (χ2v) is 5.41. The fraction of sp³-hybridized carbons (Fsp3) is 0.286. The van der Waals surface area contributed by atoms with Crippen molar-refractivity contribution in [1.29, 1.82) is 0 Å². The number of nitrogens with two attached hydrogens (primary N) is 1. The van der Waals surface area contributed by atoms with Crippen molar-refractivity contribution in [2.24, 2.45) is 0 Å². The van der Waals surface area contributed by atoms with Crippen molar-refractivity contribution in [3.63, 3.8) is 0 Å². The van der Waals surface area contributed by atoms with Crippen molar-refractivity contribution < 1.29 is 9.21 Å². The molecule has 20 heavy (non-hydrogen) atoms. The van der Waals surface area contributed by atoms with E-state index >= 15 is 0 Å². The molecule has 0 aliphatic rings. The standard InChI is InChI=1S/C14H17N3O2S/c1-10-5-6-11(19-10)8-17(2)13(18)9-20-14-12(15)4-3-7-16-14/h3-7H,8-9,15H2,1-2H3. The van der Waals surface area contributed by atoms with Gasteiger partial charge in [-0.1, -0.05) is 11.8 Å². The summed E-state index contributed by atoms with van der Waals surface area (Å²) in [6, 6.07) is 7.31. The van der Waals surface area contributed by atoms with Gasteiger partial charge in [-0.3, -0.25) is 4.79 Å². The maximum absolute atomic E-state index is 12.0. The number of hydrogen-bond donors (Lipinski definition) is 1. The predicted octanol–water partition coefficient (Wildman–Crippen LogP) is 2.32. The van der Waals surface area contributed by atoms with Crippen LogP contribution < -0.4 is 5.73 Å². The molecular formula is C14H17N3O2S. The number of furan rings is 1. The second-order valence-electron chi connectivity index (χ2n) is 4.45. The summed E-state index contributed by atoms with van der Waals surface area (Å²) in [7, 11) is 1.75. The fourth-order valence-corrected chi connectivity index (χ4v) is 2.51. The number of nitrogens with zero attached hydrogens (tertiary/aromatic N) is 2. The maximum Gasteiger partial charge on any atom is 0.233 e. The molecule has 2 aromatic heterocycles. The Hall–Kier alpha value is -1.95. The van der Waals surface area contributed by atoms with Crippen LogP contribution in [0.25, 0.3) is 0 Å². The van der Waals surface area contributed by atoms with Crippen molar-refractivity contribution in [3.05, 3.63) is 42.0 Å². The first-order valence-electron chi connectivity index (χ1n) is 6.19. The van der Waals surface area contributed by atoms with Crippen LogP contribution in [0.15, 0.2) is 39.9 Å². The summed E-state index contributed by atoms with van der Waals surface area (Å²) in [5.74, 6) is 1.93. The van der Waals surface area contributed by atoms with E-state index in [1.54, 1.807) is 30.3 Å². The molecule has 2 aromatic rings. The molecule has 2 heterocycles. The lowest BCUT2D eigenvalue weighted by Crippen LogP contribution is -2.27. The summed E-state index contributed by atoms with van der Waals surface area (Å²) in [6.45, 7) is 2.34. The second kappa shape index (κ2) is 6.47. The van der Waals surface area contributed by atoms with Gasteiger partial charge < -0.3 is 15.1 Å². The monoisotopic (exact) mass is 291 g/mol. The summed E-state index contributed by atoms with van der Waals surface area (Å²) < 4.78 is 5.45. The van der Waals surface area contributed by atoms with E-state index in [4.69, 9.17) is 10.2 Å². The lowest BCUT2D eigenvalue weighted by molar-refractivity contribution is -0.127. The SMILES string of the molecule is Cc1ccc(CN(C)C(=O)CSc2ncccc2N)o1. The van der Waals surface area contributed by atoms with Crippen LogP contribution in [0.5, 0.6) is 0 Å². The third kappa shape index (κ3) is 3.77. The molecule has 0 unspecified atom stereocenters. The molecule has 6 heteroatoms. The van der Waals surface area contributed by atoms with Gasteiger partial charge in [0.05, 0.1) is 18.0 Å². The zero-order valence-corrected chi connectivity index (χ0v) is 12.3. The molecule has 0 atom stereocenters. The first-order chi connectivity index (χ1) is 9.56. The van der Waals surface area contributed by atoms with Gasteiger partial charge in [0.25, 0.3) is 0 Å². The lowest BCUT2D eigenvalue weighted by Gasteiger charge is -2.15. The van der Waals surface area contributed by atoms with Crippen LogP contribution in [0.1, 0.15) is 11.5 Å². The van der Waals surface area contributed by atoms with Crippen LogP contribution in [-0.4, -0.2) is 28.6 Å². The number of thioether (sulfide) groups is 1.